The lowest BCUT2D eigenvalue weighted by Gasteiger charge is -2.34. The van der Waals surface area contributed by atoms with E-state index >= 15 is 0 Å². The van der Waals surface area contributed by atoms with Gasteiger partial charge in [0.25, 0.3) is 5.91 Å². The molecule has 1 aliphatic carbocycles. The molecule has 0 aromatic carbocycles. The zero-order valence-corrected chi connectivity index (χ0v) is 11.8. The Morgan fingerprint density at radius 1 is 1.42 bits per heavy atom. The Hall–Kier alpha value is -1.71. The van der Waals surface area contributed by atoms with Crippen LogP contribution in [0.2, 0.25) is 0 Å². The Morgan fingerprint density at radius 2 is 2.11 bits per heavy atom. The van der Waals surface area contributed by atoms with E-state index in [1.165, 1.54) is 6.42 Å². The first-order valence-electron chi connectivity index (χ1n) is 6.72. The van der Waals surface area contributed by atoms with Crippen LogP contribution >= 0.6 is 0 Å². The maximum absolute atomic E-state index is 11.9. The van der Waals surface area contributed by atoms with Crippen molar-refractivity contribution in [3.8, 4) is 0 Å². The van der Waals surface area contributed by atoms with Crippen molar-refractivity contribution >= 4 is 11.6 Å². The molecule has 102 valence electrons. The highest BCUT2D eigenvalue weighted by Gasteiger charge is 2.29. The van der Waals surface area contributed by atoms with E-state index in [9.17, 15) is 4.79 Å². The van der Waals surface area contributed by atoms with Gasteiger partial charge < -0.3 is 0 Å². The van der Waals surface area contributed by atoms with Crippen LogP contribution in [-0.4, -0.2) is 16.6 Å². The summed E-state index contributed by atoms with van der Waals surface area (Å²) in [6.45, 7) is 6.74. The summed E-state index contributed by atoms with van der Waals surface area (Å²) in [6, 6.07) is 3.37. The first-order valence-corrected chi connectivity index (χ1v) is 6.72. The van der Waals surface area contributed by atoms with Crippen molar-refractivity contribution in [3.63, 3.8) is 0 Å². The molecule has 1 unspecified atom stereocenters. The van der Waals surface area contributed by atoms with Crippen molar-refractivity contribution in [2.24, 2.45) is 16.4 Å². The van der Waals surface area contributed by atoms with Crippen molar-refractivity contribution in [3.05, 3.63) is 30.1 Å². The molecule has 4 heteroatoms. The Labute approximate surface area is 114 Å². The molecule has 2 rings (SSSR count). The predicted molar refractivity (Wildman–Crippen MR) is 75.9 cm³/mol. The van der Waals surface area contributed by atoms with Gasteiger partial charge in [0.2, 0.25) is 0 Å². The third kappa shape index (κ3) is 3.88. The number of carbonyl (C=O) groups is 1. The third-order valence-electron chi connectivity index (χ3n) is 3.43. The van der Waals surface area contributed by atoms with Gasteiger partial charge in [0.05, 0.1) is 0 Å². The first-order chi connectivity index (χ1) is 8.96. The van der Waals surface area contributed by atoms with Crippen molar-refractivity contribution in [2.75, 3.05) is 0 Å². The smallest absolute Gasteiger partial charge is 0.267 e. The normalized spacial score (nSPS) is 24.2. The second-order valence-corrected chi connectivity index (χ2v) is 6.21. The van der Waals surface area contributed by atoms with Gasteiger partial charge in [0.1, 0.15) is 0 Å². The van der Waals surface area contributed by atoms with E-state index in [0.29, 0.717) is 11.5 Å². The second kappa shape index (κ2) is 5.51. The van der Waals surface area contributed by atoms with Gasteiger partial charge in [0.15, 0.2) is 0 Å². The van der Waals surface area contributed by atoms with Crippen LogP contribution in [0.4, 0.5) is 0 Å². The van der Waals surface area contributed by atoms with Crippen LogP contribution in [0.5, 0.6) is 0 Å². The summed E-state index contributed by atoms with van der Waals surface area (Å²) >= 11 is 0. The van der Waals surface area contributed by atoms with E-state index in [1.54, 1.807) is 24.5 Å². The molecule has 19 heavy (non-hydrogen) atoms. The Balaban J connectivity index is 2.01. The zero-order chi connectivity index (χ0) is 13.9. The molecule has 0 aliphatic heterocycles. The molecule has 0 bridgehead atoms. The minimum absolute atomic E-state index is 0.175. The second-order valence-electron chi connectivity index (χ2n) is 6.21. The van der Waals surface area contributed by atoms with Crippen LogP contribution in [0.1, 0.15) is 50.4 Å². The standard InChI is InChI=1S/C15H21N3O/c1-11-8-13(10-15(2,3)9-11)17-18-14(19)12-4-6-16-7-5-12/h4-7,11H,8-10H2,1-3H3,(H,18,19)/b17-13-. The number of aromatic nitrogens is 1. The van der Waals surface area contributed by atoms with Crippen LogP contribution < -0.4 is 5.43 Å². The quantitative estimate of drug-likeness (QED) is 0.830. The Bertz CT molecular complexity index is 479. The van der Waals surface area contributed by atoms with E-state index < -0.39 is 0 Å². The van der Waals surface area contributed by atoms with Gasteiger partial charge in [-0.2, -0.15) is 5.10 Å². The lowest BCUT2D eigenvalue weighted by molar-refractivity contribution is 0.0954. The highest BCUT2D eigenvalue weighted by atomic mass is 16.2. The summed E-state index contributed by atoms with van der Waals surface area (Å²) in [6.07, 6.45) is 6.35. The molecule has 0 saturated heterocycles. The van der Waals surface area contributed by atoms with Gasteiger partial charge in [0, 0.05) is 23.7 Å². The molecule has 4 nitrogen and oxygen atoms in total. The topological polar surface area (TPSA) is 54.4 Å². The maximum Gasteiger partial charge on any atom is 0.271 e. The molecule has 0 radical (unpaired) electrons. The number of nitrogens with one attached hydrogen (secondary N) is 1. The number of pyridine rings is 1. The lowest BCUT2D eigenvalue weighted by Crippen LogP contribution is -2.30. The van der Waals surface area contributed by atoms with Crippen LogP contribution in [0, 0.1) is 11.3 Å². The van der Waals surface area contributed by atoms with E-state index in [2.05, 4.69) is 36.3 Å². The summed E-state index contributed by atoms with van der Waals surface area (Å²) in [5, 5.41) is 4.30. The average molecular weight is 259 g/mol. The maximum atomic E-state index is 11.9. The molecule has 1 fully saturated rings. The van der Waals surface area contributed by atoms with Crippen LogP contribution in [0.25, 0.3) is 0 Å². The average Bonchev–Trinajstić information content (AvgIpc) is 2.34. The lowest BCUT2D eigenvalue weighted by atomic mass is 9.72. The SMILES string of the molecule is CC1C/C(=N/NC(=O)c2ccncc2)CC(C)(C)C1. The fourth-order valence-electron chi connectivity index (χ4n) is 2.90. The van der Waals surface area contributed by atoms with E-state index in [4.69, 9.17) is 0 Å². The van der Waals surface area contributed by atoms with E-state index in [-0.39, 0.29) is 11.3 Å². The summed E-state index contributed by atoms with van der Waals surface area (Å²) in [5.41, 5.74) is 4.60. The van der Waals surface area contributed by atoms with Gasteiger partial charge in [-0.15, -0.1) is 0 Å². The number of carbonyl (C=O) groups excluding carboxylic acids is 1. The van der Waals surface area contributed by atoms with Gasteiger partial charge in [-0.1, -0.05) is 20.8 Å². The molecule has 1 aromatic heterocycles. The fraction of sp³-hybridized carbons (Fsp3) is 0.533. The summed E-state index contributed by atoms with van der Waals surface area (Å²) in [5.74, 6) is 0.450. The summed E-state index contributed by atoms with van der Waals surface area (Å²) < 4.78 is 0. The molecular formula is C15H21N3O. The molecule has 1 amide bonds. The first kappa shape index (κ1) is 13.7. The fourth-order valence-corrected chi connectivity index (χ4v) is 2.90. The number of hydrogen-bond donors (Lipinski definition) is 1. The predicted octanol–water partition coefficient (Wildman–Crippen LogP) is 3.01. The highest BCUT2D eigenvalue weighted by molar-refractivity contribution is 5.95. The van der Waals surface area contributed by atoms with Gasteiger partial charge in [-0.3, -0.25) is 9.78 Å². The zero-order valence-electron chi connectivity index (χ0n) is 11.8. The number of hydrogen-bond acceptors (Lipinski definition) is 3. The largest absolute Gasteiger partial charge is 0.271 e. The highest BCUT2D eigenvalue weighted by Crippen LogP contribution is 2.36. The molecule has 1 saturated carbocycles. The van der Waals surface area contributed by atoms with Crippen molar-refractivity contribution in [1.29, 1.82) is 0 Å². The van der Waals surface area contributed by atoms with Crippen molar-refractivity contribution in [1.82, 2.24) is 10.4 Å². The van der Waals surface area contributed by atoms with E-state index in [1.807, 2.05) is 0 Å². The Kier molecular flexibility index (Phi) is 3.98. The monoisotopic (exact) mass is 259 g/mol. The molecule has 1 heterocycles. The minimum Gasteiger partial charge on any atom is -0.267 e. The molecule has 1 atom stereocenters. The van der Waals surface area contributed by atoms with Gasteiger partial charge >= 0.3 is 0 Å². The van der Waals surface area contributed by atoms with Crippen molar-refractivity contribution in [2.45, 2.75) is 40.0 Å². The molecule has 1 N–H and O–H groups in total. The molecule has 1 aromatic rings. The summed E-state index contributed by atoms with van der Waals surface area (Å²) in [4.78, 5) is 15.8. The van der Waals surface area contributed by atoms with Gasteiger partial charge in [-0.05, 0) is 42.7 Å². The number of nitrogens with zero attached hydrogens (tertiary/aromatic N) is 2. The summed E-state index contributed by atoms with van der Waals surface area (Å²) in [7, 11) is 0. The number of amides is 1. The van der Waals surface area contributed by atoms with Crippen LogP contribution in [0.15, 0.2) is 29.6 Å². The van der Waals surface area contributed by atoms with Gasteiger partial charge in [-0.25, -0.2) is 5.43 Å². The molecule has 0 spiro atoms. The Morgan fingerprint density at radius 3 is 2.74 bits per heavy atom. The third-order valence-corrected chi connectivity index (χ3v) is 3.43. The van der Waals surface area contributed by atoms with E-state index in [0.717, 1.165) is 18.6 Å². The van der Waals surface area contributed by atoms with Crippen molar-refractivity contribution < 1.29 is 4.79 Å². The van der Waals surface area contributed by atoms with Crippen LogP contribution in [0.3, 0.4) is 0 Å². The van der Waals surface area contributed by atoms with Crippen LogP contribution in [-0.2, 0) is 0 Å². The molecular weight excluding hydrogens is 238 g/mol. The number of rotatable bonds is 2. The molecule has 1 aliphatic rings. The number of hydrazone groups is 1. The minimum atomic E-state index is -0.175.